The van der Waals surface area contributed by atoms with Crippen molar-refractivity contribution in [2.45, 2.75) is 78.6 Å². The van der Waals surface area contributed by atoms with E-state index in [0.717, 1.165) is 0 Å². The highest BCUT2D eigenvalue weighted by molar-refractivity contribution is 6.29. The molecule has 0 saturated heterocycles. The number of carbonyl (C=O) groups is 4. The van der Waals surface area contributed by atoms with E-state index in [9.17, 15) is 19.2 Å². The first kappa shape index (κ1) is 25.8. The summed E-state index contributed by atoms with van der Waals surface area (Å²) >= 11 is 0. The van der Waals surface area contributed by atoms with Crippen LogP contribution in [0, 0.1) is 0 Å². The van der Waals surface area contributed by atoms with Gasteiger partial charge in [-0.25, -0.2) is 19.2 Å². The number of ether oxygens (including phenoxy) is 1. The van der Waals surface area contributed by atoms with Gasteiger partial charge in [0.2, 0.25) is 0 Å². The van der Waals surface area contributed by atoms with E-state index in [1.165, 1.54) is 13.8 Å². The molecule has 162 valence electrons. The molecule has 11 nitrogen and oxygen atoms in total. The maximum absolute atomic E-state index is 11.5. The second-order valence-corrected chi connectivity index (χ2v) is 8.23. The third-order valence-electron chi connectivity index (χ3n) is 2.35. The first-order valence-corrected chi connectivity index (χ1v) is 8.39. The van der Waals surface area contributed by atoms with Gasteiger partial charge in [0.1, 0.15) is 16.8 Å². The van der Waals surface area contributed by atoms with E-state index in [2.05, 4.69) is 19.6 Å². The molecule has 0 aromatic rings. The van der Waals surface area contributed by atoms with E-state index in [-0.39, 0.29) is 13.0 Å². The zero-order valence-corrected chi connectivity index (χ0v) is 17.4. The van der Waals surface area contributed by atoms with Crippen molar-refractivity contribution in [1.82, 2.24) is 0 Å². The van der Waals surface area contributed by atoms with Crippen molar-refractivity contribution in [3.8, 4) is 0 Å². The van der Waals surface area contributed by atoms with Crippen LogP contribution in [0.4, 0.5) is 0 Å². The molecule has 0 aliphatic carbocycles. The minimum absolute atomic E-state index is 0.0208. The molecule has 0 fully saturated rings. The molecule has 0 N–H and O–H groups in total. The van der Waals surface area contributed by atoms with Gasteiger partial charge in [0.15, 0.2) is 0 Å². The summed E-state index contributed by atoms with van der Waals surface area (Å²) in [5, 5.41) is 0. The van der Waals surface area contributed by atoms with Crippen molar-refractivity contribution in [3.05, 3.63) is 0 Å². The van der Waals surface area contributed by atoms with E-state index in [1.807, 2.05) is 0 Å². The third kappa shape index (κ3) is 13.0. The summed E-state index contributed by atoms with van der Waals surface area (Å²) in [6.45, 7) is 12.4. The lowest BCUT2D eigenvalue weighted by molar-refractivity contribution is -0.342. The van der Waals surface area contributed by atoms with Crippen molar-refractivity contribution < 1.29 is 53.2 Å². The van der Waals surface area contributed by atoms with Crippen LogP contribution < -0.4 is 0 Å². The summed E-state index contributed by atoms with van der Waals surface area (Å²) in [4.78, 5) is 72.9. The van der Waals surface area contributed by atoms with Gasteiger partial charge in [-0.05, 0) is 55.4 Å². The lowest BCUT2D eigenvalue weighted by atomic mass is 10.1. The number of hydrogen-bond donors (Lipinski definition) is 0. The van der Waals surface area contributed by atoms with Gasteiger partial charge < -0.3 is 4.74 Å². The molecule has 28 heavy (non-hydrogen) atoms. The van der Waals surface area contributed by atoms with Crippen molar-refractivity contribution in [2.75, 3.05) is 6.61 Å². The lowest BCUT2D eigenvalue weighted by Gasteiger charge is -2.22. The van der Waals surface area contributed by atoms with Crippen LogP contribution in [0.25, 0.3) is 0 Å². The van der Waals surface area contributed by atoms with Gasteiger partial charge in [-0.3, -0.25) is 14.7 Å². The first-order chi connectivity index (χ1) is 12.5. The molecule has 0 aromatic heterocycles. The van der Waals surface area contributed by atoms with Crippen LogP contribution in [0.2, 0.25) is 0 Å². The van der Waals surface area contributed by atoms with Crippen LogP contribution in [0.1, 0.15) is 61.8 Å². The van der Waals surface area contributed by atoms with Crippen molar-refractivity contribution in [2.24, 2.45) is 0 Å². The maximum atomic E-state index is 11.5. The average molecular weight is 408 g/mol. The number of rotatable bonds is 7. The van der Waals surface area contributed by atoms with E-state index in [1.54, 1.807) is 41.5 Å². The zero-order valence-electron chi connectivity index (χ0n) is 17.4. The molecular weight excluding hydrogens is 380 g/mol. The Labute approximate surface area is 163 Å². The molecule has 0 unspecified atom stereocenters. The van der Waals surface area contributed by atoms with Crippen LogP contribution >= 0.6 is 0 Å². The van der Waals surface area contributed by atoms with Gasteiger partial charge in [-0.2, -0.15) is 14.7 Å². The second kappa shape index (κ2) is 10.3. The van der Waals surface area contributed by atoms with Gasteiger partial charge >= 0.3 is 23.9 Å². The Kier molecular flexibility index (Phi) is 9.52. The van der Waals surface area contributed by atoms with Gasteiger partial charge in [-0.15, -0.1) is 0 Å². The number of carbonyl (C=O) groups excluding carboxylic acids is 4. The Morgan fingerprint density at radius 2 is 0.929 bits per heavy atom. The highest BCUT2D eigenvalue weighted by atomic mass is 17.2. The Balaban J connectivity index is 4.23. The highest BCUT2D eigenvalue weighted by Gasteiger charge is 2.29. The molecular formula is C17H28O11. The van der Waals surface area contributed by atoms with Crippen LogP contribution in [0.3, 0.4) is 0 Å². The minimum Gasteiger partial charge on any atom is -0.457 e. The Morgan fingerprint density at radius 3 is 1.32 bits per heavy atom. The fourth-order valence-corrected chi connectivity index (χ4v) is 1.07. The molecule has 11 heteroatoms. The monoisotopic (exact) mass is 408 g/mol. The Bertz CT molecular complexity index is 567. The molecule has 0 spiro atoms. The molecule has 0 heterocycles. The van der Waals surface area contributed by atoms with E-state index in [0.29, 0.717) is 0 Å². The van der Waals surface area contributed by atoms with Gasteiger partial charge in [-0.1, -0.05) is 0 Å². The molecule has 0 saturated carbocycles. The normalized spacial score (nSPS) is 12.1. The summed E-state index contributed by atoms with van der Waals surface area (Å²) < 4.78 is 4.71. The van der Waals surface area contributed by atoms with Crippen LogP contribution in [0.5, 0.6) is 0 Å². The minimum atomic E-state index is -1.43. The number of hydrogen-bond acceptors (Lipinski definition) is 11. The fourth-order valence-electron chi connectivity index (χ4n) is 1.07. The summed E-state index contributed by atoms with van der Waals surface area (Å²) in [6.07, 6.45) is 0.0208. The van der Waals surface area contributed by atoms with Crippen molar-refractivity contribution in [1.29, 1.82) is 0 Å². The largest absolute Gasteiger partial charge is 0.457 e. The van der Waals surface area contributed by atoms with E-state index < -0.39 is 40.7 Å². The molecule has 0 aliphatic rings. The van der Waals surface area contributed by atoms with Gasteiger partial charge in [0, 0.05) is 6.42 Å². The smallest absolute Gasteiger partial charge is 0.453 e. The molecule has 0 atom stereocenters. The Hall–Kier alpha value is -2.24. The quantitative estimate of drug-likeness (QED) is 0.264. The summed E-state index contributed by atoms with van der Waals surface area (Å²) in [5.74, 6) is -5.42. The standard InChI is InChI=1S/C17H28O11/c1-15(2,3)26-23-12(19)11(18)22-10-9-17(7,8)28-25-14(21)13(20)24-27-16(4,5)6/h9-10H2,1-8H3. The zero-order chi connectivity index (χ0) is 22.2. The van der Waals surface area contributed by atoms with Crippen molar-refractivity contribution >= 4 is 23.9 Å². The summed E-state index contributed by atoms with van der Waals surface area (Å²) in [7, 11) is 0. The molecule has 0 amide bonds. The first-order valence-electron chi connectivity index (χ1n) is 8.39. The predicted molar refractivity (Wildman–Crippen MR) is 90.7 cm³/mol. The molecule has 0 radical (unpaired) electrons. The summed E-state index contributed by atoms with van der Waals surface area (Å²) in [6, 6.07) is 0. The molecule has 0 rings (SSSR count). The summed E-state index contributed by atoms with van der Waals surface area (Å²) in [5.41, 5.74) is -2.74. The molecule has 0 aliphatic heterocycles. The number of esters is 1. The lowest BCUT2D eigenvalue weighted by Crippen LogP contribution is -2.33. The highest BCUT2D eigenvalue weighted by Crippen LogP contribution is 2.16. The van der Waals surface area contributed by atoms with Crippen molar-refractivity contribution in [3.63, 3.8) is 0 Å². The van der Waals surface area contributed by atoms with E-state index in [4.69, 9.17) is 14.5 Å². The fraction of sp³-hybridized carbons (Fsp3) is 0.765. The maximum Gasteiger partial charge on any atom is 0.453 e. The van der Waals surface area contributed by atoms with Crippen LogP contribution in [-0.2, 0) is 53.2 Å². The second-order valence-electron chi connectivity index (χ2n) is 8.23. The molecule has 0 aromatic carbocycles. The van der Waals surface area contributed by atoms with Gasteiger partial charge in [0.05, 0.1) is 6.61 Å². The third-order valence-corrected chi connectivity index (χ3v) is 2.35. The van der Waals surface area contributed by atoms with Gasteiger partial charge in [0.25, 0.3) is 0 Å². The average Bonchev–Trinajstić information content (AvgIpc) is 2.53. The topological polar surface area (TPSA) is 133 Å². The molecule has 0 bridgehead atoms. The van der Waals surface area contributed by atoms with E-state index >= 15 is 0 Å². The van der Waals surface area contributed by atoms with Crippen LogP contribution in [-0.4, -0.2) is 47.3 Å². The SMILES string of the molecule is CC(C)(C)OOC(=O)C(=O)OCCC(C)(C)OOC(=O)C(=O)OOC(C)(C)C. The Morgan fingerprint density at radius 1 is 0.571 bits per heavy atom. The predicted octanol–water partition coefficient (Wildman–Crippen LogP) is 1.72. The van der Waals surface area contributed by atoms with Crippen LogP contribution in [0.15, 0.2) is 0 Å².